The van der Waals surface area contributed by atoms with E-state index in [1.165, 1.54) is 0 Å². The molecule has 1 heterocycles. The summed E-state index contributed by atoms with van der Waals surface area (Å²) < 4.78 is 24.7. The van der Waals surface area contributed by atoms with Gasteiger partial charge in [-0.05, 0) is 6.07 Å². The van der Waals surface area contributed by atoms with Gasteiger partial charge in [0.2, 0.25) is 0 Å². The Hall–Kier alpha value is -0.550. The minimum absolute atomic E-state index is 0.128. The van der Waals surface area contributed by atoms with Crippen LogP contribution in [0, 0.1) is 0 Å². The number of carbonyl (C=O) groups excluding carboxylic acids is 1. The maximum Gasteiger partial charge on any atom is 0.266 e. The molecule has 0 saturated heterocycles. The summed E-state index contributed by atoms with van der Waals surface area (Å²) in [7, 11) is 0. The maximum absolute atomic E-state index is 12.4. The highest BCUT2D eigenvalue weighted by Crippen LogP contribution is 2.26. The number of hydrogen-bond donors (Lipinski definition) is 0. The van der Waals surface area contributed by atoms with E-state index in [1.54, 1.807) is 0 Å². The SMILES string of the molecule is O=Cc1nc(CBr)c(Cl)cc1C(F)F. The Bertz CT molecular complexity index is 359. The topological polar surface area (TPSA) is 30.0 Å². The number of halogens is 4. The molecule has 0 aromatic carbocycles. The fourth-order valence-electron chi connectivity index (χ4n) is 0.920. The summed E-state index contributed by atoms with van der Waals surface area (Å²) in [5.41, 5.74) is -0.327. The highest BCUT2D eigenvalue weighted by molar-refractivity contribution is 9.08. The van der Waals surface area contributed by atoms with Gasteiger partial charge in [-0.15, -0.1) is 0 Å². The van der Waals surface area contributed by atoms with Crippen molar-refractivity contribution < 1.29 is 13.6 Å². The van der Waals surface area contributed by atoms with Crippen molar-refractivity contribution in [3.8, 4) is 0 Å². The molecule has 0 saturated carbocycles. The average Bonchev–Trinajstić information content (AvgIpc) is 2.17. The van der Waals surface area contributed by atoms with Crippen LogP contribution in [0.1, 0.15) is 28.2 Å². The van der Waals surface area contributed by atoms with E-state index in [0.29, 0.717) is 17.3 Å². The summed E-state index contributed by atoms with van der Waals surface area (Å²) >= 11 is 8.74. The van der Waals surface area contributed by atoms with Gasteiger partial charge in [0.05, 0.1) is 10.7 Å². The van der Waals surface area contributed by atoms with Gasteiger partial charge in [0.15, 0.2) is 6.29 Å². The van der Waals surface area contributed by atoms with Gasteiger partial charge in [-0.25, -0.2) is 13.8 Å². The van der Waals surface area contributed by atoms with Crippen molar-refractivity contribution in [2.45, 2.75) is 11.8 Å². The first-order valence-electron chi connectivity index (χ1n) is 3.58. The summed E-state index contributed by atoms with van der Waals surface area (Å²) in [6.45, 7) is 0. The molecule has 6 heteroatoms. The molecule has 0 aliphatic carbocycles. The third kappa shape index (κ3) is 2.27. The molecule has 14 heavy (non-hydrogen) atoms. The zero-order valence-corrected chi connectivity index (χ0v) is 9.15. The van der Waals surface area contributed by atoms with Crippen LogP contribution in [0.25, 0.3) is 0 Å². The van der Waals surface area contributed by atoms with Gasteiger partial charge in [0, 0.05) is 10.9 Å². The van der Waals surface area contributed by atoms with E-state index in [9.17, 15) is 13.6 Å². The Morgan fingerprint density at radius 3 is 2.71 bits per heavy atom. The summed E-state index contributed by atoms with van der Waals surface area (Å²) in [5.74, 6) is 0. The number of alkyl halides is 3. The van der Waals surface area contributed by atoms with Crippen molar-refractivity contribution >= 4 is 33.8 Å². The van der Waals surface area contributed by atoms with E-state index in [4.69, 9.17) is 11.6 Å². The second kappa shape index (κ2) is 4.79. The van der Waals surface area contributed by atoms with Crippen LogP contribution in [0.5, 0.6) is 0 Å². The van der Waals surface area contributed by atoms with E-state index in [1.807, 2.05) is 0 Å². The molecule has 1 aromatic rings. The minimum Gasteiger partial charge on any atom is -0.296 e. The Morgan fingerprint density at radius 1 is 1.64 bits per heavy atom. The fourth-order valence-corrected chi connectivity index (χ4v) is 1.74. The number of hydrogen-bond acceptors (Lipinski definition) is 2. The first-order valence-corrected chi connectivity index (χ1v) is 5.08. The highest BCUT2D eigenvalue weighted by atomic mass is 79.9. The monoisotopic (exact) mass is 283 g/mol. The maximum atomic E-state index is 12.4. The minimum atomic E-state index is -2.75. The molecule has 2 nitrogen and oxygen atoms in total. The van der Waals surface area contributed by atoms with Crippen LogP contribution >= 0.6 is 27.5 Å². The molecule has 0 bridgehead atoms. The van der Waals surface area contributed by atoms with Crippen LogP contribution in [0.2, 0.25) is 5.02 Å². The van der Waals surface area contributed by atoms with E-state index < -0.39 is 12.0 Å². The lowest BCUT2D eigenvalue weighted by Gasteiger charge is -2.06. The Balaban J connectivity index is 3.31. The molecule has 0 N–H and O–H groups in total. The summed E-state index contributed by atoms with van der Waals surface area (Å²) in [4.78, 5) is 14.2. The zero-order chi connectivity index (χ0) is 10.7. The quantitative estimate of drug-likeness (QED) is 0.629. The molecule has 76 valence electrons. The van der Waals surface area contributed by atoms with Crippen LogP contribution in [0.4, 0.5) is 8.78 Å². The largest absolute Gasteiger partial charge is 0.296 e. The van der Waals surface area contributed by atoms with Gasteiger partial charge in [-0.2, -0.15) is 0 Å². The van der Waals surface area contributed by atoms with Gasteiger partial charge >= 0.3 is 0 Å². The number of carbonyl (C=O) groups is 1. The molecule has 0 radical (unpaired) electrons. The molecule has 1 rings (SSSR count). The molecule has 0 unspecified atom stereocenters. The van der Waals surface area contributed by atoms with Gasteiger partial charge in [0.25, 0.3) is 6.43 Å². The fraction of sp³-hybridized carbons (Fsp3) is 0.250. The molecular formula is C8H5BrClF2NO. The van der Waals surface area contributed by atoms with E-state index in [0.717, 1.165) is 6.07 Å². The van der Waals surface area contributed by atoms with Crippen LogP contribution in [0.3, 0.4) is 0 Å². The van der Waals surface area contributed by atoms with Crippen LogP contribution in [0.15, 0.2) is 6.07 Å². The van der Waals surface area contributed by atoms with E-state index in [2.05, 4.69) is 20.9 Å². The average molecular weight is 284 g/mol. The molecule has 0 aliphatic heterocycles. The molecule has 1 aromatic heterocycles. The number of aldehydes is 1. The molecule has 0 atom stereocenters. The number of rotatable bonds is 3. The van der Waals surface area contributed by atoms with Gasteiger partial charge in [-0.3, -0.25) is 4.79 Å². The van der Waals surface area contributed by atoms with Gasteiger partial charge in [0.1, 0.15) is 5.69 Å². The number of nitrogens with zero attached hydrogens (tertiary/aromatic N) is 1. The third-order valence-corrected chi connectivity index (χ3v) is 2.44. The molecule has 0 amide bonds. The second-order valence-electron chi connectivity index (χ2n) is 2.44. The summed E-state index contributed by atoms with van der Waals surface area (Å²) in [6, 6.07) is 1.07. The summed E-state index contributed by atoms with van der Waals surface area (Å²) in [6.07, 6.45) is -2.45. The highest BCUT2D eigenvalue weighted by Gasteiger charge is 2.16. The normalized spacial score (nSPS) is 10.6. The van der Waals surface area contributed by atoms with Crippen molar-refractivity contribution in [3.63, 3.8) is 0 Å². The Kier molecular flexibility index (Phi) is 3.95. The number of pyridine rings is 1. The molecule has 0 aliphatic rings. The van der Waals surface area contributed by atoms with Crippen molar-refractivity contribution in [2.75, 3.05) is 0 Å². The van der Waals surface area contributed by atoms with Crippen molar-refractivity contribution in [3.05, 3.63) is 28.0 Å². The van der Waals surface area contributed by atoms with Crippen molar-refractivity contribution in [1.29, 1.82) is 0 Å². The molecular weight excluding hydrogens is 279 g/mol. The first kappa shape index (κ1) is 11.5. The van der Waals surface area contributed by atoms with Gasteiger partial charge < -0.3 is 0 Å². The van der Waals surface area contributed by atoms with Crippen LogP contribution < -0.4 is 0 Å². The smallest absolute Gasteiger partial charge is 0.266 e. The second-order valence-corrected chi connectivity index (χ2v) is 3.41. The predicted molar refractivity (Wildman–Crippen MR) is 52.2 cm³/mol. The summed E-state index contributed by atoms with van der Waals surface area (Å²) in [5, 5.41) is 0.443. The lowest BCUT2D eigenvalue weighted by Crippen LogP contribution is -2.00. The predicted octanol–water partition coefficient (Wildman–Crippen LogP) is 3.38. The van der Waals surface area contributed by atoms with E-state index >= 15 is 0 Å². The zero-order valence-electron chi connectivity index (χ0n) is 6.81. The van der Waals surface area contributed by atoms with Crippen molar-refractivity contribution in [2.24, 2.45) is 0 Å². The standard InChI is InChI=1S/C8H5BrClF2NO/c9-2-6-5(10)1-4(8(11)12)7(3-14)13-6/h1,3,8H,2H2. The van der Waals surface area contributed by atoms with Crippen LogP contribution in [-0.4, -0.2) is 11.3 Å². The Labute approximate surface area is 92.4 Å². The number of aromatic nitrogens is 1. The van der Waals surface area contributed by atoms with Gasteiger partial charge in [-0.1, -0.05) is 27.5 Å². The first-order chi connectivity index (χ1) is 6.60. The molecule has 0 fully saturated rings. The lowest BCUT2D eigenvalue weighted by atomic mass is 10.2. The van der Waals surface area contributed by atoms with E-state index in [-0.39, 0.29) is 10.7 Å². The molecule has 0 spiro atoms. The Morgan fingerprint density at radius 2 is 2.29 bits per heavy atom. The lowest BCUT2D eigenvalue weighted by molar-refractivity contribution is 0.110. The van der Waals surface area contributed by atoms with Crippen LogP contribution in [-0.2, 0) is 5.33 Å². The third-order valence-electron chi connectivity index (χ3n) is 1.58. The van der Waals surface area contributed by atoms with Crippen molar-refractivity contribution in [1.82, 2.24) is 4.98 Å².